The van der Waals surface area contributed by atoms with Gasteiger partial charge in [-0.25, -0.2) is 9.36 Å². The standard InChI is InChI=1S/C40H60N8O28.2Na/c49-7-17(53)25(57)33-23-15(51)1-39(75-33,37(65)66)71-11-19-27(59)29(61)31(63)35(73-19)69-9-14-4-48(46-44-14)6-22(56)42-24-16(52)2-40(38(67)68,76-34(24)26(58)18(54)8-50)72-12-20-28(60)30(62)32(64)36(74-20)70-10-13-3-47(45-43-13)5-21(55)41-23;;/h3-4,15-20,23-36,49-54,57-64H,1-2,5-12H2,(H,41,55)(H,42,56)(H,65,66)(H,67,68);;/q;2*+1/p-2/t15-,16-,17+,18+,19+,20+,23+,24+,25+,26+,27-,28-,29-,30-,31+,32+,33+,34+,35+,36+,39+,40+;;/m0../s1. The molecule has 428 valence electrons. The Kier molecular flexibility index (Phi) is 23.8. The first-order valence-corrected chi connectivity index (χ1v) is 23.3. The molecule has 8 aliphatic rings. The molecule has 10 heterocycles. The number of hydrogen-bond donors (Lipinski definition) is 16. The van der Waals surface area contributed by atoms with Gasteiger partial charge in [-0.1, -0.05) is 10.4 Å². The molecule has 16 N–H and O–H groups in total. The molecule has 10 rings (SSSR count). The number of nitrogens with zero attached hydrogens (tertiary/aromatic N) is 6. The molecule has 8 aliphatic heterocycles. The van der Waals surface area contributed by atoms with Gasteiger partial charge in [-0.05, 0) is 0 Å². The van der Waals surface area contributed by atoms with Gasteiger partial charge in [0.2, 0.25) is 23.4 Å². The monoisotopic (exact) mass is 1140 g/mol. The number of aromatic nitrogens is 6. The largest absolute Gasteiger partial charge is 1.00 e. The maximum Gasteiger partial charge on any atom is 1.00 e. The Morgan fingerprint density at radius 3 is 1.31 bits per heavy atom. The van der Waals surface area contributed by atoms with E-state index < -0.39 is 223 Å². The fourth-order valence-electron chi connectivity index (χ4n) is 8.94. The molecule has 36 nitrogen and oxygen atoms in total. The van der Waals surface area contributed by atoms with E-state index in [2.05, 4.69) is 31.3 Å². The summed E-state index contributed by atoms with van der Waals surface area (Å²) < 4.78 is 46.3. The van der Waals surface area contributed by atoms with Gasteiger partial charge in [0, 0.05) is 12.8 Å². The Morgan fingerprint density at radius 1 is 0.615 bits per heavy atom. The van der Waals surface area contributed by atoms with Crippen LogP contribution < -0.4 is 80.0 Å². The van der Waals surface area contributed by atoms with E-state index >= 15 is 0 Å². The number of rotatable bonds is 8. The molecule has 0 unspecified atom stereocenters. The van der Waals surface area contributed by atoms with Crippen LogP contribution in [0, 0.1) is 0 Å². The third-order valence-corrected chi connectivity index (χ3v) is 13.1. The van der Waals surface area contributed by atoms with Gasteiger partial charge in [0.15, 0.2) is 12.6 Å². The molecule has 0 aliphatic carbocycles. The van der Waals surface area contributed by atoms with Gasteiger partial charge in [0.05, 0.1) is 76.3 Å². The maximum absolute atomic E-state index is 13.4. The van der Waals surface area contributed by atoms with E-state index in [4.69, 9.17) is 37.9 Å². The fraction of sp³-hybridized carbons (Fsp3) is 0.800. The van der Waals surface area contributed by atoms with E-state index in [0.717, 1.165) is 21.8 Å². The number of carbonyl (C=O) groups is 4. The van der Waals surface area contributed by atoms with Crippen LogP contribution in [0.15, 0.2) is 12.4 Å². The van der Waals surface area contributed by atoms with Gasteiger partial charge in [0.1, 0.15) is 122 Å². The van der Waals surface area contributed by atoms with Crippen molar-refractivity contribution < 1.29 is 198 Å². The van der Waals surface area contributed by atoms with Crippen LogP contribution in [0.2, 0.25) is 0 Å². The zero-order valence-corrected chi connectivity index (χ0v) is 45.4. The van der Waals surface area contributed by atoms with Gasteiger partial charge in [-0.15, -0.1) is 10.2 Å². The molecule has 0 saturated carbocycles. The van der Waals surface area contributed by atoms with E-state index in [1.807, 2.05) is 0 Å². The van der Waals surface area contributed by atoms with Crippen molar-refractivity contribution in [1.82, 2.24) is 40.6 Å². The molecule has 0 aromatic carbocycles. The summed E-state index contributed by atoms with van der Waals surface area (Å²) in [6.45, 7) is -7.17. The molecule has 12 bridgehead atoms. The number of nitrogens with one attached hydrogen (secondary N) is 2. The number of carboxylic acid groups (broad SMARTS) is 2. The maximum atomic E-state index is 13.4. The number of aliphatic carboxylic acids is 2. The van der Waals surface area contributed by atoms with Crippen LogP contribution >= 0.6 is 0 Å². The van der Waals surface area contributed by atoms with Crippen LogP contribution in [0.4, 0.5) is 0 Å². The number of ether oxygens (including phenoxy) is 8. The second-order valence-electron chi connectivity index (χ2n) is 18.5. The molecule has 4 fully saturated rings. The molecule has 2 aromatic rings. The van der Waals surface area contributed by atoms with E-state index in [9.17, 15) is 101 Å². The van der Waals surface area contributed by atoms with Gasteiger partial charge in [0.25, 0.3) is 0 Å². The summed E-state index contributed by atoms with van der Waals surface area (Å²) in [6, 6.07) is -3.59. The Balaban J connectivity index is 0.00000560. The molecular weight excluding hydrogens is 1090 g/mol. The van der Waals surface area contributed by atoms with Crippen molar-refractivity contribution in [1.29, 1.82) is 0 Å². The minimum Gasteiger partial charge on any atom is -0.544 e. The summed E-state index contributed by atoms with van der Waals surface area (Å²) >= 11 is 0. The Hall–Kier alpha value is -2.72. The predicted octanol–water partition coefficient (Wildman–Crippen LogP) is -21.1. The smallest absolute Gasteiger partial charge is 0.544 e. The van der Waals surface area contributed by atoms with E-state index in [1.165, 1.54) is 0 Å². The molecule has 22 atom stereocenters. The van der Waals surface area contributed by atoms with Crippen molar-refractivity contribution in [2.75, 3.05) is 26.4 Å². The summed E-state index contributed by atoms with van der Waals surface area (Å²) in [7, 11) is 0. The number of hydrogen-bond acceptors (Lipinski definition) is 32. The van der Waals surface area contributed by atoms with Gasteiger partial charge in [-0.3, -0.25) is 9.59 Å². The van der Waals surface area contributed by atoms with Crippen LogP contribution in [-0.4, -0.2) is 286 Å². The fourth-order valence-corrected chi connectivity index (χ4v) is 8.94. The normalized spacial score (nSPS) is 39.1. The van der Waals surface area contributed by atoms with Gasteiger partial charge in [-0.2, -0.15) is 0 Å². The van der Waals surface area contributed by atoms with Crippen molar-refractivity contribution in [2.45, 2.75) is 173 Å². The molecule has 0 radical (unpaired) electrons. The summed E-state index contributed by atoms with van der Waals surface area (Å²) in [5.74, 6) is -12.7. The van der Waals surface area contributed by atoms with Crippen LogP contribution in [0.25, 0.3) is 0 Å². The van der Waals surface area contributed by atoms with Crippen LogP contribution in [0.5, 0.6) is 0 Å². The Morgan fingerprint density at radius 2 is 0.974 bits per heavy atom. The second kappa shape index (κ2) is 28.0. The number of aliphatic hydroxyl groups is 14. The van der Waals surface area contributed by atoms with Crippen molar-refractivity contribution >= 4 is 23.8 Å². The summed E-state index contributed by atoms with van der Waals surface area (Å²) in [5.41, 5.74) is -0.194. The average molecular weight is 1140 g/mol. The Bertz CT molecular complexity index is 2160. The third-order valence-electron chi connectivity index (χ3n) is 13.1. The van der Waals surface area contributed by atoms with Gasteiger partial charge >= 0.3 is 59.1 Å². The molecule has 78 heavy (non-hydrogen) atoms. The van der Waals surface area contributed by atoms with Crippen molar-refractivity contribution in [3.8, 4) is 0 Å². The first-order chi connectivity index (χ1) is 35.9. The number of carboxylic acids is 2. The number of carbonyl (C=O) groups excluding carboxylic acids is 4. The van der Waals surface area contributed by atoms with E-state index in [0.29, 0.717) is 0 Å². The predicted molar refractivity (Wildman–Crippen MR) is 223 cm³/mol. The molecule has 2 aromatic heterocycles. The van der Waals surface area contributed by atoms with Crippen LogP contribution in [0.1, 0.15) is 24.2 Å². The van der Waals surface area contributed by atoms with Crippen molar-refractivity contribution in [3.63, 3.8) is 0 Å². The number of aliphatic hydroxyl groups excluding tert-OH is 14. The summed E-state index contributed by atoms with van der Waals surface area (Å²) in [6.07, 6.45) is -36.6. The van der Waals surface area contributed by atoms with Crippen LogP contribution in [-0.2, 0) is 83.4 Å². The zero-order valence-electron chi connectivity index (χ0n) is 41.4. The average Bonchev–Trinajstić information content (AvgIpc) is 4.04. The van der Waals surface area contributed by atoms with Gasteiger partial charge < -0.3 is 140 Å². The third kappa shape index (κ3) is 14.7. The molecule has 4 saturated heterocycles. The first-order valence-electron chi connectivity index (χ1n) is 23.3. The second-order valence-corrected chi connectivity index (χ2v) is 18.5. The quantitative estimate of drug-likeness (QED) is 0.109. The molecule has 38 heteroatoms. The first kappa shape index (κ1) is 66.1. The van der Waals surface area contributed by atoms with E-state index in [1.54, 1.807) is 0 Å². The minimum atomic E-state index is -3.09. The summed E-state index contributed by atoms with van der Waals surface area (Å²) in [5, 5.41) is 195. The van der Waals surface area contributed by atoms with Crippen LogP contribution in [0.3, 0.4) is 0 Å². The number of amides is 2. The van der Waals surface area contributed by atoms with Crippen molar-refractivity contribution in [2.24, 2.45) is 0 Å². The Labute approximate surface area is 482 Å². The van der Waals surface area contributed by atoms with Crippen molar-refractivity contribution in [3.05, 3.63) is 23.8 Å². The minimum absolute atomic E-state index is 0. The SMILES string of the molecule is O=C1Cn2cc(nn2)CO[C@@H]2O[C@H](CO[C@]3(C(=O)[O-])C[C@H](O)[C@@H](NC(=O)Cn4cc(nn4)CO[C@@H]4O[C@H](CO[C@]5(C(=O)[O-])C[C@H](O)[C@@H](N1)[C@H]([C@H](O)[C@H](O)CO)O5)[C@H](O)[C@H](O)[C@H]4O)[C@H]([C@H](O)[C@H](O)CO)O3)[C@H](O)[C@H](O)[C@H]2O.[Na+].[Na+]. The summed E-state index contributed by atoms with van der Waals surface area (Å²) in [4.78, 5) is 52.3. The molecular formula is C40H58N8Na2O28. The molecule has 0 spiro atoms. The zero-order chi connectivity index (χ0) is 55.6. The topological polar surface area (TPSA) is 557 Å². The molecule has 2 amide bonds. The van der Waals surface area contributed by atoms with E-state index in [-0.39, 0.29) is 70.5 Å².